The fraction of sp³-hybridized carbons (Fsp3) is 0.333. The Morgan fingerprint density at radius 2 is 2.04 bits per heavy atom. The van der Waals surface area contributed by atoms with Gasteiger partial charge in [-0.05, 0) is 30.0 Å². The minimum atomic E-state index is -0.0300. The predicted molar refractivity (Wildman–Crippen MR) is 100.0 cm³/mol. The number of benzene rings is 1. The maximum Gasteiger partial charge on any atom is 0.225 e. The van der Waals surface area contributed by atoms with Crippen molar-refractivity contribution in [3.8, 4) is 0 Å². The predicted octanol–water partition coefficient (Wildman–Crippen LogP) is 4.22. The lowest BCUT2D eigenvalue weighted by Crippen LogP contribution is -2.16. The molecule has 1 aliphatic rings. The Morgan fingerprint density at radius 1 is 1.23 bits per heavy atom. The van der Waals surface area contributed by atoms with E-state index < -0.39 is 0 Å². The van der Waals surface area contributed by atoms with Crippen LogP contribution in [0.25, 0.3) is 0 Å². The Morgan fingerprint density at radius 3 is 2.81 bits per heavy atom. The van der Waals surface area contributed by atoms with Crippen LogP contribution in [-0.2, 0) is 17.8 Å². The van der Waals surface area contributed by atoms with Crippen LogP contribution in [0.2, 0.25) is 0 Å². The van der Waals surface area contributed by atoms with E-state index >= 15 is 0 Å². The van der Waals surface area contributed by atoms with Crippen LogP contribution in [0.5, 0.6) is 0 Å². The van der Waals surface area contributed by atoms with Gasteiger partial charge in [0.25, 0.3) is 0 Å². The molecule has 1 aromatic carbocycles. The highest BCUT2D eigenvalue weighted by molar-refractivity contribution is 5.89. The number of carbonyl (C=O) groups excluding carboxylic acids is 1. The molecular weight excluding hydrogens is 326 g/mol. The summed E-state index contributed by atoms with van der Waals surface area (Å²) in [6, 6.07) is 15.9. The number of amides is 1. The number of aryl methyl sites for hydroxylation is 1. The van der Waals surface area contributed by atoms with Crippen molar-refractivity contribution >= 4 is 11.7 Å². The third-order valence-electron chi connectivity index (χ3n) is 4.92. The van der Waals surface area contributed by atoms with Gasteiger partial charge in [0, 0.05) is 24.8 Å². The van der Waals surface area contributed by atoms with Gasteiger partial charge in [-0.15, -0.1) is 0 Å². The lowest BCUT2D eigenvalue weighted by atomic mass is 10.2. The van der Waals surface area contributed by atoms with Crippen LogP contribution < -0.4 is 5.32 Å². The molecule has 5 nitrogen and oxygen atoms in total. The summed E-state index contributed by atoms with van der Waals surface area (Å²) < 4.78 is 7.67. The average molecular weight is 349 g/mol. The number of rotatable bonds is 7. The molecule has 0 radical (unpaired) electrons. The van der Waals surface area contributed by atoms with Gasteiger partial charge < -0.3 is 9.73 Å². The molecule has 0 saturated heterocycles. The van der Waals surface area contributed by atoms with Gasteiger partial charge in [0.1, 0.15) is 17.3 Å². The van der Waals surface area contributed by atoms with Crippen molar-refractivity contribution in [2.24, 2.45) is 5.92 Å². The van der Waals surface area contributed by atoms with Gasteiger partial charge in [0.05, 0.1) is 12.7 Å². The molecule has 2 aromatic heterocycles. The van der Waals surface area contributed by atoms with Gasteiger partial charge in [-0.1, -0.05) is 37.3 Å². The number of anilines is 1. The smallest absolute Gasteiger partial charge is 0.225 e. The maximum absolute atomic E-state index is 12.3. The van der Waals surface area contributed by atoms with Crippen molar-refractivity contribution < 1.29 is 9.21 Å². The number of nitrogens with zero attached hydrogens (tertiary/aromatic N) is 2. The molecule has 2 heterocycles. The van der Waals surface area contributed by atoms with Crippen LogP contribution in [0.4, 0.5) is 5.82 Å². The molecule has 1 amide bonds. The highest BCUT2D eigenvalue weighted by Crippen LogP contribution is 2.47. The SMILES string of the molecule is CC1CC1c1ccc(CCC(=O)Nc2ccnn2Cc2ccccc2)o1. The first-order chi connectivity index (χ1) is 12.7. The molecule has 26 heavy (non-hydrogen) atoms. The summed E-state index contributed by atoms with van der Waals surface area (Å²) in [5.74, 6) is 3.93. The molecule has 1 fully saturated rings. The van der Waals surface area contributed by atoms with E-state index in [4.69, 9.17) is 4.42 Å². The summed E-state index contributed by atoms with van der Waals surface area (Å²) >= 11 is 0. The molecule has 4 rings (SSSR count). The van der Waals surface area contributed by atoms with E-state index in [1.807, 2.05) is 42.5 Å². The highest BCUT2D eigenvalue weighted by Gasteiger charge is 2.36. The van der Waals surface area contributed by atoms with Gasteiger partial charge in [0.15, 0.2) is 0 Å². The molecule has 1 N–H and O–H groups in total. The summed E-state index contributed by atoms with van der Waals surface area (Å²) in [6.45, 7) is 2.86. The molecule has 1 saturated carbocycles. The summed E-state index contributed by atoms with van der Waals surface area (Å²) in [5.41, 5.74) is 1.14. The first-order valence-corrected chi connectivity index (χ1v) is 9.13. The van der Waals surface area contributed by atoms with Crippen molar-refractivity contribution in [3.63, 3.8) is 0 Å². The van der Waals surface area contributed by atoms with Gasteiger partial charge in [-0.2, -0.15) is 5.10 Å². The van der Waals surface area contributed by atoms with Gasteiger partial charge in [0.2, 0.25) is 5.91 Å². The Hall–Kier alpha value is -2.82. The third kappa shape index (κ3) is 3.87. The molecule has 0 bridgehead atoms. The molecule has 0 aliphatic heterocycles. The van der Waals surface area contributed by atoms with E-state index in [0.29, 0.717) is 31.1 Å². The van der Waals surface area contributed by atoms with Gasteiger partial charge in [-0.25, -0.2) is 4.68 Å². The third-order valence-corrected chi connectivity index (χ3v) is 4.92. The van der Waals surface area contributed by atoms with E-state index in [9.17, 15) is 4.79 Å². The molecule has 0 spiro atoms. The summed E-state index contributed by atoms with van der Waals surface area (Å²) in [4.78, 5) is 12.3. The van der Waals surface area contributed by atoms with Crippen molar-refractivity contribution in [1.82, 2.24) is 9.78 Å². The standard InChI is InChI=1S/C21H23N3O2/c1-15-13-18(15)19-9-7-17(26-19)8-10-21(25)23-20-11-12-22-24(20)14-16-5-3-2-4-6-16/h2-7,9,11-12,15,18H,8,10,13-14H2,1H3,(H,23,25). The van der Waals surface area contributed by atoms with Crippen molar-refractivity contribution in [3.05, 3.63) is 71.8 Å². The Bertz CT molecular complexity index is 882. The lowest BCUT2D eigenvalue weighted by Gasteiger charge is -2.09. The first kappa shape index (κ1) is 16.6. The zero-order chi connectivity index (χ0) is 17.9. The normalized spacial score (nSPS) is 18.7. The first-order valence-electron chi connectivity index (χ1n) is 9.13. The number of carbonyl (C=O) groups is 1. The van der Waals surface area contributed by atoms with Crippen molar-refractivity contribution in [2.45, 2.75) is 38.6 Å². The molecular formula is C21H23N3O2. The number of furan rings is 1. The number of nitrogens with one attached hydrogen (secondary N) is 1. The Balaban J connectivity index is 1.31. The average Bonchev–Trinajstić information content (AvgIpc) is 3.03. The fourth-order valence-electron chi connectivity index (χ4n) is 3.21. The minimum Gasteiger partial charge on any atom is -0.466 e. The summed E-state index contributed by atoms with van der Waals surface area (Å²) in [6.07, 6.45) is 3.91. The number of hydrogen-bond acceptors (Lipinski definition) is 3. The number of hydrogen-bond donors (Lipinski definition) is 1. The van der Waals surface area contributed by atoms with Crippen molar-refractivity contribution in [2.75, 3.05) is 5.32 Å². The van der Waals surface area contributed by atoms with E-state index in [1.54, 1.807) is 10.9 Å². The monoisotopic (exact) mass is 349 g/mol. The van der Waals surface area contributed by atoms with E-state index in [-0.39, 0.29) is 5.91 Å². The van der Waals surface area contributed by atoms with Crippen LogP contribution in [0.1, 0.15) is 42.8 Å². The van der Waals surface area contributed by atoms with Crippen LogP contribution in [0.15, 0.2) is 59.1 Å². The van der Waals surface area contributed by atoms with Crippen LogP contribution in [0.3, 0.4) is 0 Å². The summed E-state index contributed by atoms with van der Waals surface area (Å²) in [5, 5.41) is 7.25. The largest absolute Gasteiger partial charge is 0.466 e. The molecule has 3 aromatic rings. The fourth-order valence-corrected chi connectivity index (χ4v) is 3.21. The lowest BCUT2D eigenvalue weighted by molar-refractivity contribution is -0.116. The molecule has 134 valence electrons. The van der Waals surface area contributed by atoms with E-state index in [0.717, 1.165) is 23.0 Å². The zero-order valence-electron chi connectivity index (χ0n) is 14.9. The van der Waals surface area contributed by atoms with Crippen molar-refractivity contribution in [1.29, 1.82) is 0 Å². The van der Waals surface area contributed by atoms with Crippen LogP contribution in [-0.4, -0.2) is 15.7 Å². The van der Waals surface area contributed by atoms with Crippen LogP contribution >= 0.6 is 0 Å². The Labute approximate surface area is 153 Å². The number of aromatic nitrogens is 2. The molecule has 2 unspecified atom stereocenters. The highest BCUT2D eigenvalue weighted by atomic mass is 16.3. The second-order valence-corrected chi connectivity index (χ2v) is 7.03. The maximum atomic E-state index is 12.3. The molecule has 2 atom stereocenters. The minimum absolute atomic E-state index is 0.0300. The molecule has 5 heteroatoms. The molecule has 1 aliphatic carbocycles. The van der Waals surface area contributed by atoms with E-state index in [2.05, 4.69) is 23.4 Å². The van der Waals surface area contributed by atoms with E-state index in [1.165, 1.54) is 6.42 Å². The Kier molecular flexibility index (Phi) is 4.61. The van der Waals surface area contributed by atoms with Gasteiger partial charge >= 0.3 is 0 Å². The summed E-state index contributed by atoms with van der Waals surface area (Å²) in [7, 11) is 0. The zero-order valence-corrected chi connectivity index (χ0v) is 14.9. The van der Waals surface area contributed by atoms with Crippen LogP contribution in [0, 0.1) is 5.92 Å². The second kappa shape index (κ2) is 7.20. The topological polar surface area (TPSA) is 60.1 Å². The second-order valence-electron chi connectivity index (χ2n) is 7.03. The van der Waals surface area contributed by atoms with Gasteiger partial charge in [-0.3, -0.25) is 4.79 Å². The quantitative estimate of drug-likeness (QED) is 0.695.